The summed E-state index contributed by atoms with van der Waals surface area (Å²) in [6, 6.07) is 0. The van der Waals surface area contributed by atoms with Crippen LogP contribution in [-0.2, 0) is 19.6 Å². The first-order chi connectivity index (χ1) is 11.6. The van der Waals surface area contributed by atoms with Crippen molar-refractivity contribution < 1.29 is 9.63 Å². The van der Waals surface area contributed by atoms with Crippen molar-refractivity contribution in [2.75, 3.05) is 32.8 Å². The molecule has 8 heteroatoms. The van der Waals surface area contributed by atoms with Crippen LogP contribution in [0.5, 0.6) is 0 Å². The maximum Gasteiger partial charge on any atom is 0.223 e. The van der Waals surface area contributed by atoms with Gasteiger partial charge in [0, 0.05) is 50.9 Å². The van der Waals surface area contributed by atoms with Crippen LogP contribution in [0.4, 0.5) is 0 Å². The second-order valence-corrected chi connectivity index (χ2v) is 6.38. The molecule has 0 aliphatic carbocycles. The van der Waals surface area contributed by atoms with Crippen molar-refractivity contribution in [3.63, 3.8) is 0 Å². The molecule has 0 spiro atoms. The van der Waals surface area contributed by atoms with E-state index in [2.05, 4.69) is 32.0 Å². The molecule has 3 rings (SSSR count). The lowest BCUT2D eigenvalue weighted by atomic mass is 10.1. The Morgan fingerprint density at radius 1 is 1.04 bits per heavy atom. The summed E-state index contributed by atoms with van der Waals surface area (Å²) in [5, 5.41) is 17.6. The summed E-state index contributed by atoms with van der Waals surface area (Å²) in [7, 11) is 0. The molecular weight excluding hydrogens is 308 g/mol. The van der Waals surface area contributed by atoms with Gasteiger partial charge < -0.3 is 9.63 Å². The quantitative estimate of drug-likeness (QED) is 0.823. The van der Waals surface area contributed by atoms with E-state index in [9.17, 15) is 0 Å². The van der Waals surface area contributed by atoms with Gasteiger partial charge >= 0.3 is 0 Å². The lowest BCUT2D eigenvalue weighted by molar-refractivity contribution is 0.119. The highest BCUT2D eigenvalue weighted by Gasteiger charge is 2.21. The topological polar surface area (TPSA) is 83.5 Å². The molecule has 1 saturated heterocycles. The first kappa shape index (κ1) is 17.1. The van der Waals surface area contributed by atoms with Crippen LogP contribution < -0.4 is 0 Å². The Bertz CT molecular complexity index is 672. The highest BCUT2D eigenvalue weighted by atomic mass is 16.5. The van der Waals surface area contributed by atoms with Crippen LogP contribution in [0.15, 0.2) is 4.52 Å². The predicted octanol–water partition coefficient (Wildman–Crippen LogP) is 0.501. The van der Waals surface area contributed by atoms with Gasteiger partial charge in [-0.15, -0.1) is 0 Å². The molecule has 0 unspecified atom stereocenters. The summed E-state index contributed by atoms with van der Waals surface area (Å²) < 4.78 is 6.93. The number of aryl methyl sites for hydroxylation is 2. The second kappa shape index (κ2) is 7.42. The van der Waals surface area contributed by atoms with Gasteiger partial charge in [-0.05, 0) is 13.8 Å². The van der Waals surface area contributed by atoms with Gasteiger partial charge in [0.2, 0.25) is 5.89 Å². The second-order valence-electron chi connectivity index (χ2n) is 6.38. The minimum Gasteiger partial charge on any atom is -0.394 e. The number of aromatic nitrogens is 4. The molecule has 0 bridgehead atoms. The molecule has 1 aliphatic heterocycles. The van der Waals surface area contributed by atoms with Gasteiger partial charge in [-0.3, -0.25) is 14.5 Å². The summed E-state index contributed by atoms with van der Waals surface area (Å²) in [6.07, 6.45) is 0. The zero-order chi connectivity index (χ0) is 17.1. The minimum absolute atomic E-state index is 0.121. The van der Waals surface area contributed by atoms with Crippen LogP contribution in [0.3, 0.4) is 0 Å². The number of nitrogens with zero attached hydrogens (tertiary/aromatic N) is 6. The maximum atomic E-state index is 9.12. The third kappa shape index (κ3) is 3.82. The average Bonchev–Trinajstić information content (AvgIpc) is 3.08. The number of piperazine rings is 1. The smallest absolute Gasteiger partial charge is 0.223 e. The Morgan fingerprint density at radius 2 is 1.71 bits per heavy atom. The van der Waals surface area contributed by atoms with Crippen molar-refractivity contribution >= 4 is 0 Å². The van der Waals surface area contributed by atoms with Crippen LogP contribution >= 0.6 is 0 Å². The Morgan fingerprint density at radius 3 is 2.29 bits per heavy atom. The zero-order valence-corrected chi connectivity index (χ0v) is 14.7. The van der Waals surface area contributed by atoms with E-state index in [1.165, 1.54) is 5.56 Å². The molecular formula is C16H26N6O2. The monoisotopic (exact) mass is 334 g/mol. The van der Waals surface area contributed by atoms with Gasteiger partial charge in [0.25, 0.3) is 0 Å². The van der Waals surface area contributed by atoms with E-state index in [-0.39, 0.29) is 6.61 Å². The number of aliphatic hydroxyl groups is 1. The predicted molar refractivity (Wildman–Crippen MR) is 88.4 cm³/mol. The molecule has 0 radical (unpaired) electrons. The van der Waals surface area contributed by atoms with Crippen molar-refractivity contribution in [2.45, 2.75) is 40.4 Å². The fourth-order valence-electron chi connectivity index (χ4n) is 3.21. The largest absolute Gasteiger partial charge is 0.394 e. The Labute approximate surface area is 142 Å². The molecule has 3 heterocycles. The van der Waals surface area contributed by atoms with E-state index in [4.69, 9.17) is 9.63 Å². The molecule has 132 valence electrons. The molecule has 1 aliphatic rings. The summed E-state index contributed by atoms with van der Waals surface area (Å²) in [6.45, 7) is 12.3. The molecule has 2 aromatic heterocycles. The van der Waals surface area contributed by atoms with Gasteiger partial charge in [-0.25, -0.2) is 0 Å². The number of hydrogen-bond acceptors (Lipinski definition) is 7. The summed E-state index contributed by atoms with van der Waals surface area (Å²) in [4.78, 5) is 9.08. The third-order valence-corrected chi connectivity index (χ3v) is 4.62. The van der Waals surface area contributed by atoms with Crippen LogP contribution in [0, 0.1) is 20.8 Å². The van der Waals surface area contributed by atoms with Crippen LogP contribution in [-0.4, -0.2) is 67.6 Å². The number of hydrogen-bond donors (Lipinski definition) is 1. The fourth-order valence-corrected chi connectivity index (χ4v) is 3.21. The first-order valence-corrected chi connectivity index (χ1v) is 8.44. The lowest BCUT2D eigenvalue weighted by Gasteiger charge is -2.34. The van der Waals surface area contributed by atoms with E-state index in [0.29, 0.717) is 12.4 Å². The van der Waals surface area contributed by atoms with E-state index in [1.54, 1.807) is 0 Å². The summed E-state index contributed by atoms with van der Waals surface area (Å²) in [5.74, 6) is 1.38. The van der Waals surface area contributed by atoms with Gasteiger partial charge in [-0.2, -0.15) is 10.1 Å². The summed E-state index contributed by atoms with van der Waals surface area (Å²) in [5.41, 5.74) is 3.50. The van der Waals surface area contributed by atoms with Gasteiger partial charge in [0.1, 0.15) is 0 Å². The normalized spacial score (nSPS) is 16.8. The van der Waals surface area contributed by atoms with Crippen LogP contribution in [0.25, 0.3) is 0 Å². The van der Waals surface area contributed by atoms with Crippen LogP contribution in [0.1, 0.15) is 28.7 Å². The van der Waals surface area contributed by atoms with Crippen LogP contribution in [0.2, 0.25) is 0 Å². The molecule has 24 heavy (non-hydrogen) atoms. The molecule has 0 aromatic carbocycles. The number of aliphatic hydroxyl groups excluding tert-OH is 1. The van der Waals surface area contributed by atoms with Crippen molar-refractivity contribution in [3.8, 4) is 0 Å². The highest BCUT2D eigenvalue weighted by Crippen LogP contribution is 2.17. The van der Waals surface area contributed by atoms with Crippen molar-refractivity contribution in [1.29, 1.82) is 0 Å². The molecule has 8 nitrogen and oxygen atoms in total. The Kier molecular flexibility index (Phi) is 5.27. The van der Waals surface area contributed by atoms with E-state index in [0.717, 1.165) is 56.5 Å². The number of rotatable bonds is 6. The average molecular weight is 334 g/mol. The Hall–Kier alpha value is -1.77. The van der Waals surface area contributed by atoms with Crippen molar-refractivity contribution in [1.82, 2.24) is 29.7 Å². The highest BCUT2D eigenvalue weighted by molar-refractivity contribution is 5.24. The van der Waals surface area contributed by atoms with Gasteiger partial charge in [0.05, 0.1) is 25.4 Å². The van der Waals surface area contributed by atoms with Gasteiger partial charge in [0.15, 0.2) is 5.82 Å². The Balaban J connectivity index is 1.54. The van der Waals surface area contributed by atoms with E-state index in [1.807, 2.05) is 18.5 Å². The SMILES string of the molecule is Cc1nc(CN2CCN(Cc3c(C)nn(CCO)c3C)CC2)no1. The molecule has 1 fully saturated rings. The van der Waals surface area contributed by atoms with E-state index >= 15 is 0 Å². The van der Waals surface area contributed by atoms with E-state index < -0.39 is 0 Å². The molecule has 1 N–H and O–H groups in total. The molecule has 2 aromatic rings. The molecule has 0 saturated carbocycles. The maximum absolute atomic E-state index is 9.12. The van der Waals surface area contributed by atoms with Crippen molar-refractivity contribution in [3.05, 3.63) is 28.7 Å². The summed E-state index contributed by atoms with van der Waals surface area (Å²) >= 11 is 0. The lowest BCUT2D eigenvalue weighted by Crippen LogP contribution is -2.45. The third-order valence-electron chi connectivity index (χ3n) is 4.62. The molecule has 0 atom stereocenters. The fraction of sp³-hybridized carbons (Fsp3) is 0.688. The van der Waals surface area contributed by atoms with Gasteiger partial charge in [-0.1, -0.05) is 5.16 Å². The zero-order valence-electron chi connectivity index (χ0n) is 14.7. The standard InChI is InChI=1S/C16H26N6O2/c1-12-15(13(2)22(18-12)8-9-23)10-20-4-6-21(7-5-20)11-16-17-14(3)24-19-16/h23H,4-11H2,1-3H3. The minimum atomic E-state index is 0.121. The van der Waals surface area contributed by atoms with Crippen molar-refractivity contribution in [2.24, 2.45) is 0 Å². The molecule has 0 amide bonds. The first-order valence-electron chi connectivity index (χ1n) is 8.44.